The van der Waals surface area contributed by atoms with Crippen molar-refractivity contribution in [3.63, 3.8) is 0 Å². The van der Waals surface area contributed by atoms with Gasteiger partial charge in [-0.05, 0) is 20.8 Å². The molecule has 5 atom stereocenters. The van der Waals surface area contributed by atoms with Gasteiger partial charge in [0.05, 0.1) is 75.5 Å². The molecule has 0 aromatic carbocycles. The van der Waals surface area contributed by atoms with E-state index in [1.165, 1.54) is 50.0 Å². The van der Waals surface area contributed by atoms with E-state index < -0.39 is 73.8 Å². The van der Waals surface area contributed by atoms with Gasteiger partial charge in [-0.15, -0.1) is 0 Å². The van der Waals surface area contributed by atoms with Crippen molar-refractivity contribution in [2.75, 3.05) is 33.5 Å². The lowest BCUT2D eigenvalue weighted by Crippen LogP contribution is -2.57. The van der Waals surface area contributed by atoms with Crippen LogP contribution in [0, 0.1) is 26.7 Å². The number of rotatable bonds is 23. The first-order chi connectivity index (χ1) is 30.0. The van der Waals surface area contributed by atoms with Gasteiger partial charge in [-0.25, -0.2) is 13.7 Å². The predicted molar refractivity (Wildman–Crippen MR) is 229 cm³/mol. The Hall–Kier alpha value is -3.80. The summed E-state index contributed by atoms with van der Waals surface area (Å²) in [5, 5.41) is 32.1. The minimum absolute atomic E-state index is 0. The highest BCUT2D eigenvalue weighted by Gasteiger charge is 2.45. The maximum absolute atomic E-state index is 11.4. The smallest absolute Gasteiger partial charge is 0.469 e. The van der Waals surface area contributed by atoms with E-state index in [0.717, 1.165) is 0 Å². The van der Waals surface area contributed by atoms with Gasteiger partial charge in [0.1, 0.15) is 23.4 Å². The molecule has 1 aliphatic rings. The molecule has 3 aromatic heterocycles. The Kier molecular flexibility index (Phi) is 19.5. The first-order valence-electron chi connectivity index (χ1n) is 19.1. The number of ether oxygens (including phenoxy) is 5. The van der Waals surface area contributed by atoms with Gasteiger partial charge in [0, 0.05) is 67.9 Å². The van der Waals surface area contributed by atoms with E-state index >= 15 is 0 Å². The van der Waals surface area contributed by atoms with Crippen LogP contribution in [0.3, 0.4) is 0 Å². The zero-order valence-corrected chi connectivity index (χ0v) is 37.9. The van der Waals surface area contributed by atoms with Crippen molar-refractivity contribution < 1.29 is 98.5 Å². The largest absolute Gasteiger partial charge is 0.505 e. The van der Waals surface area contributed by atoms with Gasteiger partial charge in [-0.3, -0.25) is 28.5 Å². The third-order valence-electron chi connectivity index (χ3n) is 9.60. The quantitative estimate of drug-likeness (QED) is 0.0467. The van der Waals surface area contributed by atoms with Crippen LogP contribution in [0.5, 0.6) is 17.2 Å². The van der Waals surface area contributed by atoms with Crippen LogP contribution in [0.4, 0.5) is 0 Å². The van der Waals surface area contributed by atoms with Crippen LogP contribution in [0.25, 0.3) is 18.2 Å². The van der Waals surface area contributed by atoms with E-state index in [1.54, 1.807) is 32.9 Å². The number of aromatic hydroxyl groups is 3. The van der Waals surface area contributed by atoms with Crippen molar-refractivity contribution in [3.05, 3.63) is 87.3 Å². The van der Waals surface area contributed by atoms with E-state index in [4.69, 9.17) is 33.5 Å². The van der Waals surface area contributed by atoms with Crippen LogP contribution in [0.15, 0.2) is 36.8 Å². The summed E-state index contributed by atoms with van der Waals surface area (Å²) in [6.45, 7) is 4.61. The topological polar surface area (TPSA) is 346 Å². The standard InChI is InChI=1S/C38H52N3O20P3.2H2/c1-22-32(21-55-12-6-9-29-26(18-58-62(45,46)47)15-39-23(2)33(29)42)61-38(54-5)37(57-14-8-11-31-28(20-60-64(51,52)53)17-41-25(4)35(31)44)36(22)56-13-7-10-30-27(19-59-63(48,49)50)16-40-24(3)34(30)43;;/h6-11,15-17,22,32,36-38,42-44H,12-14,18-21H2,1-5H3,(H2,45,46,47)(H2,48,49,50)(H2,51,52,53);2*1H/b9-6+,10-7+,11-8+;;/t22-,32?,36+,37?,38-;;/m1../s1. The van der Waals surface area contributed by atoms with Gasteiger partial charge in [-0.2, -0.15) is 0 Å². The molecule has 1 saturated heterocycles. The number of aromatic nitrogens is 3. The molecule has 1 fully saturated rings. The molecular weight excluding hydrogens is 911 g/mol. The lowest BCUT2D eigenvalue weighted by Gasteiger charge is -2.44. The summed E-state index contributed by atoms with van der Waals surface area (Å²) >= 11 is 0. The van der Waals surface area contributed by atoms with E-state index in [0.29, 0.717) is 0 Å². The Morgan fingerprint density at radius 2 is 0.984 bits per heavy atom. The molecule has 0 spiro atoms. The van der Waals surface area contributed by atoms with Crippen LogP contribution in [-0.4, -0.2) is 118 Å². The van der Waals surface area contributed by atoms with Gasteiger partial charge >= 0.3 is 23.5 Å². The van der Waals surface area contributed by atoms with Crippen molar-refractivity contribution in [2.45, 2.75) is 72.1 Å². The molecule has 0 aliphatic carbocycles. The van der Waals surface area contributed by atoms with E-state index in [-0.39, 0.29) is 97.0 Å². The molecule has 0 amide bonds. The van der Waals surface area contributed by atoms with E-state index in [2.05, 4.69) is 28.5 Å². The number of hydrogen-bond donors (Lipinski definition) is 9. The maximum Gasteiger partial charge on any atom is 0.469 e. The predicted octanol–water partition coefficient (Wildman–Crippen LogP) is 4.47. The van der Waals surface area contributed by atoms with Crippen molar-refractivity contribution in [3.8, 4) is 17.2 Å². The van der Waals surface area contributed by atoms with Gasteiger partial charge in [0.15, 0.2) is 6.29 Å². The van der Waals surface area contributed by atoms with Gasteiger partial charge in [-0.1, -0.05) is 43.4 Å². The lowest BCUT2D eigenvalue weighted by molar-refractivity contribution is -0.295. The molecular formula is C38H56N3O20P3. The molecule has 0 saturated carbocycles. The van der Waals surface area contributed by atoms with Crippen molar-refractivity contribution in [1.29, 1.82) is 0 Å². The Bertz CT molecular complexity index is 2310. The highest BCUT2D eigenvalue weighted by Crippen LogP contribution is 2.40. The summed E-state index contributed by atoms with van der Waals surface area (Å²) in [5.41, 5.74) is 1.95. The number of phosphoric ester groups is 3. The molecule has 358 valence electrons. The number of aryl methyl sites for hydroxylation is 3. The number of pyridine rings is 3. The summed E-state index contributed by atoms with van der Waals surface area (Å²) < 4.78 is 78.3. The van der Waals surface area contributed by atoms with E-state index in [9.17, 15) is 48.6 Å². The molecule has 0 bridgehead atoms. The molecule has 4 rings (SSSR count). The Morgan fingerprint density at radius 1 is 0.625 bits per heavy atom. The van der Waals surface area contributed by atoms with Crippen LogP contribution >= 0.6 is 23.5 Å². The molecule has 4 heterocycles. The monoisotopic (exact) mass is 967 g/mol. The lowest BCUT2D eigenvalue weighted by atomic mass is 9.90. The first kappa shape index (κ1) is 52.8. The fourth-order valence-corrected chi connectivity index (χ4v) is 7.17. The molecule has 0 radical (unpaired) electrons. The molecule has 26 heteroatoms. The average molecular weight is 968 g/mol. The second-order valence-corrected chi connectivity index (χ2v) is 17.9. The minimum atomic E-state index is -4.85. The third-order valence-corrected chi connectivity index (χ3v) is 11.0. The number of nitrogens with zero attached hydrogens (tertiary/aromatic N) is 3. The Labute approximate surface area is 370 Å². The summed E-state index contributed by atoms with van der Waals surface area (Å²) in [4.78, 5) is 67.2. The highest BCUT2D eigenvalue weighted by atomic mass is 31.2. The normalized spacial score (nSPS) is 20.0. The zero-order valence-electron chi connectivity index (χ0n) is 35.2. The molecule has 64 heavy (non-hydrogen) atoms. The minimum Gasteiger partial charge on any atom is -0.505 e. The fraction of sp³-hybridized carbons (Fsp3) is 0.447. The molecule has 23 nitrogen and oxygen atoms in total. The number of hydrogen-bond acceptors (Lipinski definition) is 17. The summed E-state index contributed by atoms with van der Waals surface area (Å²) in [5.74, 6) is -1.17. The molecule has 9 N–H and O–H groups in total. The van der Waals surface area contributed by atoms with Crippen molar-refractivity contribution in [1.82, 2.24) is 15.0 Å². The van der Waals surface area contributed by atoms with Gasteiger partial charge in [0.25, 0.3) is 0 Å². The van der Waals surface area contributed by atoms with Crippen LogP contribution in [-0.2, 0) is 70.8 Å². The second-order valence-electron chi connectivity index (χ2n) is 14.2. The van der Waals surface area contributed by atoms with Crippen molar-refractivity contribution >= 4 is 41.7 Å². The SMILES string of the molecule is CO[C@@H]1OC(COC/C=C/c2c(COP(=O)(O)O)cnc(C)c2O)[C@@H](C)[C@H](OC/C=C/c2c(COP(=O)(O)O)cnc(C)c2O)C1OC/C=C/c1c(COP(=O)(O)O)cnc(C)c1O.[HH].[HH]. The second kappa shape index (κ2) is 23.6. The zero-order chi connectivity index (χ0) is 47.4. The van der Waals surface area contributed by atoms with E-state index in [1.807, 2.05) is 6.92 Å². The Balaban J connectivity index is 0.00000748. The average Bonchev–Trinajstić information content (AvgIpc) is 3.21. The van der Waals surface area contributed by atoms with Crippen LogP contribution in [0.2, 0.25) is 0 Å². The van der Waals surface area contributed by atoms with Crippen molar-refractivity contribution in [2.24, 2.45) is 5.92 Å². The summed E-state index contributed by atoms with van der Waals surface area (Å²) in [6, 6.07) is 0. The third kappa shape index (κ3) is 16.0. The first-order valence-corrected chi connectivity index (χ1v) is 23.7. The number of phosphoric acid groups is 3. The molecule has 2 unspecified atom stereocenters. The van der Waals surface area contributed by atoms with Gasteiger partial charge < -0.3 is 68.4 Å². The summed E-state index contributed by atoms with van der Waals surface area (Å²) in [6.07, 6.45) is 9.66. The molecule has 1 aliphatic heterocycles. The molecule has 3 aromatic rings. The maximum atomic E-state index is 11.4. The Morgan fingerprint density at radius 3 is 1.34 bits per heavy atom. The van der Waals surface area contributed by atoms with Gasteiger partial charge in [0.2, 0.25) is 0 Å². The number of methoxy groups -OCH3 is 1. The summed E-state index contributed by atoms with van der Waals surface area (Å²) in [7, 11) is -13.1. The van der Waals surface area contributed by atoms with Crippen LogP contribution < -0.4 is 0 Å². The van der Waals surface area contributed by atoms with Crippen LogP contribution in [0.1, 0.15) is 60.2 Å². The fourth-order valence-electron chi connectivity index (χ4n) is 6.24. The highest BCUT2D eigenvalue weighted by molar-refractivity contribution is 7.46.